The van der Waals surface area contributed by atoms with E-state index >= 15 is 0 Å². The van der Waals surface area contributed by atoms with Crippen LogP contribution in [0.5, 0.6) is 0 Å². The third-order valence-corrected chi connectivity index (χ3v) is 6.72. The van der Waals surface area contributed by atoms with Crippen LogP contribution >= 0.6 is 0 Å². The lowest BCUT2D eigenvalue weighted by molar-refractivity contribution is -0.121. The van der Waals surface area contributed by atoms with Gasteiger partial charge in [-0.15, -0.1) is 0 Å². The van der Waals surface area contributed by atoms with Gasteiger partial charge in [-0.25, -0.2) is 12.8 Å². The molecule has 1 aliphatic carbocycles. The van der Waals surface area contributed by atoms with E-state index in [0.29, 0.717) is 12.1 Å². The van der Waals surface area contributed by atoms with Crippen molar-refractivity contribution in [2.75, 3.05) is 17.1 Å². The molecule has 0 saturated carbocycles. The van der Waals surface area contributed by atoms with Crippen molar-refractivity contribution in [2.45, 2.75) is 51.5 Å². The van der Waals surface area contributed by atoms with Crippen molar-refractivity contribution >= 4 is 21.6 Å². The molecule has 2 aromatic rings. The molecule has 0 bridgehead atoms. The Morgan fingerprint density at radius 3 is 2.43 bits per heavy atom. The number of halogens is 1. The SMILES string of the molecule is C[C@H](NC(=O)CCCN(c1ccc(F)cc1)S(C)(=O)=O)c1ccc2c(c1)CCCC2. The molecule has 1 amide bonds. The second kappa shape index (κ2) is 9.60. The Kier molecular flexibility index (Phi) is 7.13. The number of rotatable bonds is 8. The van der Waals surface area contributed by atoms with Gasteiger partial charge in [-0.1, -0.05) is 18.2 Å². The van der Waals surface area contributed by atoms with E-state index < -0.39 is 15.8 Å². The summed E-state index contributed by atoms with van der Waals surface area (Å²) in [6.45, 7) is 2.12. The molecule has 1 aliphatic rings. The summed E-state index contributed by atoms with van der Waals surface area (Å²) in [6.07, 6.45) is 6.35. The number of nitrogens with zero attached hydrogens (tertiary/aromatic N) is 1. The number of carbonyl (C=O) groups is 1. The molecule has 0 aliphatic heterocycles. The van der Waals surface area contributed by atoms with E-state index in [-0.39, 0.29) is 24.9 Å². The Labute approximate surface area is 178 Å². The van der Waals surface area contributed by atoms with Crippen LogP contribution in [-0.2, 0) is 27.7 Å². The van der Waals surface area contributed by atoms with Crippen LogP contribution in [0.3, 0.4) is 0 Å². The van der Waals surface area contributed by atoms with E-state index in [2.05, 4.69) is 23.5 Å². The maximum atomic E-state index is 13.1. The van der Waals surface area contributed by atoms with Gasteiger partial charge in [-0.05, 0) is 80.0 Å². The molecule has 7 heteroatoms. The minimum Gasteiger partial charge on any atom is -0.350 e. The van der Waals surface area contributed by atoms with Crippen LogP contribution in [-0.4, -0.2) is 27.1 Å². The lowest BCUT2D eigenvalue weighted by Crippen LogP contribution is -2.32. The molecule has 0 saturated heterocycles. The molecule has 0 unspecified atom stereocenters. The van der Waals surface area contributed by atoms with Crippen LogP contribution in [0.25, 0.3) is 0 Å². The van der Waals surface area contributed by atoms with Gasteiger partial charge in [0.05, 0.1) is 18.0 Å². The molecule has 2 aromatic carbocycles. The van der Waals surface area contributed by atoms with Crippen molar-refractivity contribution in [3.63, 3.8) is 0 Å². The highest BCUT2D eigenvalue weighted by Gasteiger charge is 2.18. The summed E-state index contributed by atoms with van der Waals surface area (Å²) in [7, 11) is -3.52. The Hall–Kier alpha value is -2.41. The number of nitrogens with one attached hydrogen (secondary N) is 1. The first-order chi connectivity index (χ1) is 14.2. The summed E-state index contributed by atoms with van der Waals surface area (Å²) >= 11 is 0. The lowest BCUT2D eigenvalue weighted by atomic mass is 9.89. The molecule has 5 nitrogen and oxygen atoms in total. The third-order valence-electron chi connectivity index (χ3n) is 5.53. The first-order valence-corrected chi connectivity index (χ1v) is 12.2. The van der Waals surface area contributed by atoms with E-state index in [1.165, 1.54) is 52.5 Å². The van der Waals surface area contributed by atoms with E-state index in [1.54, 1.807) is 0 Å². The molecule has 0 heterocycles. The molecule has 162 valence electrons. The summed E-state index contributed by atoms with van der Waals surface area (Å²) in [5.41, 5.74) is 4.27. The van der Waals surface area contributed by atoms with E-state index in [0.717, 1.165) is 24.7 Å². The number of hydrogen-bond donors (Lipinski definition) is 1. The molecular formula is C23H29FN2O3S. The Morgan fingerprint density at radius 1 is 1.10 bits per heavy atom. The number of sulfonamides is 1. The smallest absolute Gasteiger partial charge is 0.232 e. The lowest BCUT2D eigenvalue weighted by Gasteiger charge is -2.23. The number of carbonyl (C=O) groups excluding carboxylic acids is 1. The number of hydrogen-bond acceptors (Lipinski definition) is 3. The van der Waals surface area contributed by atoms with Gasteiger partial charge in [0.25, 0.3) is 0 Å². The first-order valence-electron chi connectivity index (χ1n) is 10.4. The van der Waals surface area contributed by atoms with Gasteiger partial charge in [0.15, 0.2) is 0 Å². The maximum absolute atomic E-state index is 13.1. The zero-order chi connectivity index (χ0) is 21.7. The third kappa shape index (κ3) is 5.81. The molecule has 0 radical (unpaired) electrons. The van der Waals surface area contributed by atoms with Crippen molar-refractivity contribution in [3.05, 3.63) is 65.0 Å². The molecule has 1 atom stereocenters. The standard InChI is InChI=1S/C23H29FN2O3S/c1-17(19-10-9-18-6-3-4-7-20(18)16-19)25-23(27)8-5-15-26(30(2,28)29)22-13-11-21(24)12-14-22/h9-14,16-17H,3-8,15H2,1-2H3,(H,25,27)/t17-/m0/s1. The summed E-state index contributed by atoms with van der Waals surface area (Å²) < 4.78 is 38.5. The van der Waals surface area contributed by atoms with Crippen LogP contribution in [0.1, 0.15) is 55.3 Å². The van der Waals surface area contributed by atoms with Gasteiger partial charge < -0.3 is 5.32 Å². The fourth-order valence-corrected chi connectivity index (χ4v) is 4.86. The van der Waals surface area contributed by atoms with Gasteiger partial charge in [-0.3, -0.25) is 9.10 Å². The number of benzene rings is 2. The molecule has 30 heavy (non-hydrogen) atoms. The average molecular weight is 433 g/mol. The van der Waals surface area contributed by atoms with Crippen molar-refractivity contribution < 1.29 is 17.6 Å². The van der Waals surface area contributed by atoms with Crippen molar-refractivity contribution in [2.24, 2.45) is 0 Å². The summed E-state index contributed by atoms with van der Waals surface area (Å²) in [6, 6.07) is 11.6. The second-order valence-corrected chi connectivity index (χ2v) is 9.85. The maximum Gasteiger partial charge on any atom is 0.232 e. The quantitative estimate of drug-likeness (QED) is 0.682. The number of fused-ring (bicyclic) bond motifs is 1. The monoisotopic (exact) mass is 432 g/mol. The minimum absolute atomic E-state index is 0.104. The van der Waals surface area contributed by atoms with Crippen molar-refractivity contribution in [1.29, 1.82) is 0 Å². The fourth-order valence-electron chi connectivity index (χ4n) is 3.90. The molecule has 0 spiro atoms. The summed E-state index contributed by atoms with van der Waals surface area (Å²) in [5.74, 6) is -0.546. The molecule has 1 N–H and O–H groups in total. The van der Waals surface area contributed by atoms with Crippen molar-refractivity contribution in [1.82, 2.24) is 5.32 Å². The highest BCUT2D eigenvalue weighted by atomic mass is 32.2. The normalized spacial score (nSPS) is 14.6. The predicted octanol–water partition coefficient (Wildman–Crippen LogP) is 4.13. The Balaban J connectivity index is 1.55. The zero-order valence-electron chi connectivity index (χ0n) is 17.5. The highest BCUT2D eigenvalue weighted by molar-refractivity contribution is 7.92. The topological polar surface area (TPSA) is 66.5 Å². The van der Waals surface area contributed by atoms with Gasteiger partial charge in [-0.2, -0.15) is 0 Å². The largest absolute Gasteiger partial charge is 0.350 e. The van der Waals surface area contributed by atoms with E-state index in [9.17, 15) is 17.6 Å². The van der Waals surface area contributed by atoms with Crippen LogP contribution in [0.2, 0.25) is 0 Å². The van der Waals surface area contributed by atoms with Gasteiger partial charge in [0, 0.05) is 13.0 Å². The van der Waals surface area contributed by atoms with Crippen LogP contribution in [0.4, 0.5) is 10.1 Å². The fraction of sp³-hybridized carbons (Fsp3) is 0.435. The predicted molar refractivity (Wildman–Crippen MR) is 117 cm³/mol. The van der Waals surface area contributed by atoms with Gasteiger partial charge in [0.2, 0.25) is 15.9 Å². The second-order valence-electron chi connectivity index (χ2n) is 7.94. The van der Waals surface area contributed by atoms with Crippen molar-refractivity contribution in [3.8, 4) is 0 Å². The highest BCUT2D eigenvalue weighted by Crippen LogP contribution is 2.25. The van der Waals surface area contributed by atoms with E-state index in [4.69, 9.17) is 0 Å². The molecule has 0 aromatic heterocycles. The van der Waals surface area contributed by atoms with Gasteiger partial charge in [0.1, 0.15) is 5.82 Å². The average Bonchev–Trinajstić information content (AvgIpc) is 2.71. The van der Waals surface area contributed by atoms with Crippen LogP contribution in [0, 0.1) is 5.82 Å². The number of anilines is 1. The molecular weight excluding hydrogens is 403 g/mol. The van der Waals surface area contributed by atoms with Crippen LogP contribution in [0.15, 0.2) is 42.5 Å². The minimum atomic E-state index is -3.52. The van der Waals surface area contributed by atoms with Crippen LogP contribution < -0.4 is 9.62 Å². The first kappa shape index (κ1) is 22.3. The Morgan fingerprint density at radius 2 is 1.77 bits per heavy atom. The van der Waals surface area contributed by atoms with E-state index in [1.807, 2.05) is 6.92 Å². The molecule has 0 fully saturated rings. The molecule has 3 rings (SSSR count). The summed E-state index contributed by atoms with van der Waals surface area (Å²) in [4.78, 5) is 12.4. The Bertz CT molecular complexity index is 990. The summed E-state index contributed by atoms with van der Waals surface area (Å²) in [5, 5.41) is 3.01. The zero-order valence-corrected chi connectivity index (χ0v) is 18.3. The van der Waals surface area contributed by atoms with Gasteiger partial charge >= 0.3 is 0 Å². The number of aryl methyl sites for hydroxylation is 2. The number of amides is 1.